The largest absolute Gasteiger partial charge is 0.489 e. The molecule has 0 saturated carbocycles. The Balaban J connectivity index is 1.41. The summed E-state index contributed by atoms with van der Waals surface area (Å²) in [7, 11) is 0. The Kier molecular flexibility index (Phi) is 7.60. The summed E-state index contributed by atoms with van der Waals surface area (Å²) >= 11 is 21.7. The molecule has 0 saturated heterocycles. The van der Waals surface area contributed by atoms with Gasteiger partial charge in [0.25, 0.3) is 5.91 Å². The van der Waals surface area contributed by atoms with Crippen LogP contribution in [0.15, 0.2) is 77.4 Å². The second-order valence-corrected chi connectivity index (χ2v) is 9.31. The number of halogens is 4. The van der Waals surface area contributed by atoms with Crippen molar-refractivity contribution in [2.24, 2.45) is 0 Å². The Hall–Kier alpha value is -2.51. The Morgan fingerprint density at radius 3 is 2.48 bits per heavy atom. The molecule has 9 heteroatoms. The van der Waals surface area contributed by atoms with Crippen LogP contribution in [0.5, 0.6) is 5.75 Å². The molecule has 0 radical (unpaired) electrons. The molecule has 5 nitrogen and oxygen atoms in total. The third-order valence-electron chi connectivity index (χ3n) is 4.69. The minimum Gasteiger partial charge on any atom is -0.489 e. The van der Waals surface area contributed by atoms with Crippen LogP contribution in [0.3, 0.4) is 0 Å². The Labute approximate surface area is 214 Å². The number of aromatic nitrogens is 2. The number of amides is 1. The van der Waals surface area contributed by atoms with Crippen molar-refractivity contribution in [3.63, 3.8) is 0 Å². The predicted octanol–water partition coefficient (Wildman–Crippen LogP) is 7.49. The average molecular weight is 566 g/mol. The number of hydrogen-bond acceptors (Lipinski definition) is 3. The first-order valence-electron chi connectivity index (χ1n) is 9.83. The van der Waals surface area contributed by atoms with Crippen LogP contribution >= 0.6 is 50.7 Å². The summed E-state index contributed by atoms with van der Waals surface area (Å²) in [6.45, 7) is 0.761. The highest BCUT2D eigenvalue weighted by molar-refractivity contribution is 9.10. The van der Waals surface area contributed by atoms with E-state index in [-0.39, 0.29) is 11.7 Å². The summed E-state index contributed by atoms with van der Waals surface area (Å²) in [4.78, 5) is 12.8. The first kappa shape index (κ1) is 23.6. The van der Waals surface area contributed by atoms with Gasteiger partial charge >= 0.3 is 0 Å². The second-order valence-electron chi connectivity index (χ2n) is 7.17. The van der Waals surface area contributed by atoms with Crippen molar-refractivity contribution >= 4 is 62.5 Å². The average Bonchev–Trinajstić information content (AvgIpc) is 3.14. The van der Waals surface area contributed by atoms with Gasteiger partial charge in [-0.15, -0.1) is 0 Å². The van der Waals surface area contributed by atoms with Gasteiger partial charge in [-0.05, 0) is 59.7 Å². The molecule has 33 heavy (non-hydrogen) atoms. The number of carbonyl (C=O) groups is 1. The predicted molar refractivity (Wildman–Crippen MR) is 136 cm³/mol. The molecule has 1 aromatic heterocycles. The molecule has 0 unspecified atom stereocenters. The highest BCUT2D eigenvalue weighted by Crippen LogP contribution is 2.25. The first-order chi connectivity index (χ1) is 15.9. The number of benzene rings is 3. The zero-order valence-corrected chi connectivity index (χ0v) is 20.9. The van der Waals surface area contributed by atoms with Crippen molar-refractivity contribution in [3.05, 3.63) is 109 Å². The van der Waals surface area contributed by atoms with Crippen LogP contribution in [-0.4, -0.2) is 15.7 Å². The van der Waals surface area contributed by atoms with Crippen LogP contribution in [0.25, 0.3) is 0 Å². The van der Waals surface area contributed by atoms with Crippen LogP contribution in [0.1, 0.15) is 21.5 Å². The summed E-state index contributed by atoms with van der Waals surface area (Å²) in [6.07, 6.45) is 1.64. The molecular formula is C24H17BrCl3N3O2. The molecule has 0 atom stereocenters. The Morgan fingerprint density at radius 2 is 1.73 bits per heavy atom. The molecule has 0 fully saturated rings. The van der Waals surface area contributed by atoms with E-state index < -0.39 is 0 Å². The van der Waals surface area contributed by atoms with Crippen molar-refractivity contribution < 1.29 is 9.53 Å². The molecule has 0 spiro atoms. The molecule has 0 bridgehead atoms. The molecule has 1 amide bonds. The third-order valence-corrected chi connectivity index (χ3v) is 6.23. The minimum absolute atomic E-state index is 0.276. The Bertz CT molecular complexity index is 1290. The summed E-state index contributed by atoms with van der Waals surface area (Å²) in [5.74, 6) is 0.702. The van der Waals surface area contributed by atoms with Crippen LogP contribution in [-0.2, 0) is 13.2 Å². The van der Waals surface area contributed by atoms with Crippen LogP contribution < -0.4 is 10.1 Å². The van der Waals surface area contributed by atoms with Gasteiger partial charge < -0.3 is 10.1 Å². The normalized spacial score (nSPS) is 10.8. The number of nitrogens with one attached hydrogen (secondary N) is 1. The van der Waals surface area contributed by atoms with E-state index in [4.69, 9.17) is 39.5 Å². The fraction of sp³-hybridized carbons (Fsp3) is 0.0833. The molecule has 0 aliphatic rings. The number of hydrogen-bond donors (Lipinski definition) is 1. The van der Waals surface area contributed by atoms with E-state index in [9.17, 15) is 4.79 Å². The summed E-state index contributed by atoms with van der Waals surface area (Å²) in [5.41, 5.74) is 2.24. The lowest BCUT2D eigenvalue weighted by molar-refractivity contribution is 0.102. The molecule has 168 valence electrons. The van der Waals surface area contributed by atoms with Crippen molar-refractivity contribution in [2.75, 3.05) is 5.32 Å². The molecule has 0 aliphatic heterocycles. The molecular weight excluding hydrogens is 549 g/mol. The standard InChI is InChI=1S/C24H17BrCl3N3O2/c25-18-5-7-19(8-6-18)33-14-16-2-1-3-17(10-16)24(32)29-23-22(28)13-31(30-23)12-15-4-9-20(26)21(27)11-15/h1-11,13H,12,14H2,(H,29,30,32). The van der Waals surface area contributed by atoms with Gasteiger partial charge in [0.15, 0.2) is 5.82 Å². The second kappa shape index (κ2) is 10.6. The van der Waals surface area contributed by atoms with Gasteiger partial charge in [-0.2, -0.15) is 5.10 Å². The maximum atomic E-state index is 12.8. The van der Waals surface area contributed by atoms with Gasteiger partial charge in [0, 0.05) is 16.2 Å². The van der Waals surface area contributed by atoms with Gasteiger partial charge in [0.2, 0.25) is 0 Å². The maximum Gasteiger partial charge on any atom is 0.256 e. The molecule has 0 aliphatic carbocycles. The molecule has 4 aromatic rings. The van der Waals surface area contributed by atoms with Gasteiger partial charge in [-0.3, -0.25) is 9.48 Å². The lowest BCUT2D eigenvalue weighted by Crippen LogP contribution is -2.13. The van der Waals surface area contributed by atoms with E-state index in [2.05, 4.69) is 26.3 Å². The highest BCUT2D eigenvalue weighted by atomic mass is 79.9. The molecule has 1 heterocycles. The van der Waals surface area contributed by atoms with Crippen LogP contribution in [0, 0.1) is 0 Å². The SMILES string of the molecule is O=C(Nc1nn(Cc2ccc(Cl)c(Cl)c2)cc1Cl)c1cccc(COc2ccc(Br)cc2)c1. The highest BCUT2D eigenvalue weighted by Gasteiger charge is 2.13. The summed E-state index contributed by atoms with van der Waals surface area (Å²) < 4.78 is 8.39. The third kappa shape index (κ3) is 6.30. The summed E-state index contributed by atoms with van der Waals surface area (Å²) in [5, 5.41) is 8.42. The minimum atomic E-state index is -0.317. The van der Waals surface area contributed by atoms with Gasteiger partial charge in [-0.1, -0.05) is 68.9 Å². The number of anilines is 1. The van der Waals surface area contributed by atoms with E-state index in [0.29, 0.717) is 33.8 Å². The van der Waals surface area contributed by atoms with Crippen molar-refractivity contribution in [2.45, 2.75) is 13.2 Å². The quantitative estimate of drug-likeness (QED) is 0.253. The van der Waals surface area contributed by atoms with Gasteiger partial charge in [0.05, 0.1) is 16.6 Å². The summed E-state index contributed by atoms with van der Waals surface area (Å²) in [6, 6.07) is 20.1. The Morgan fingerprint density at radius 1 is 0.939 bits per heavy atom. The number of nitrogens with zero attached hydrogens (tertiary/aromatic N) is 2. The van der Waals surface area contributed by atoms with E-state index in [1.165, 1.54) is 0 Å². The zero-order chi connectivity index (χ0) is 23.4. The fourth-order valence-corrected chi connectivity index (χ4v) is 3.85. The fourth-order valence-electron chi connectivity index (χ4n) is 3.07. The topological polar surface area (TPSA) is 56.2 Å². The molecule has 4 rings (SSSR count). The van der Waals surface area contributed by atoms with Crippen LogP contribution in [0.4, 0.5) is 5.82 Å². The van der Waals surface area contributed by atoms with Gasteiger partial charge in [-0.25, -0.2) is 0 Å². The smallest absolute Gasteiger partial charge is 0.256 e. The van der Waals surface area contributed by atoms with E-state index in [1.807, 2.05) is 36.4 Å². The molecule has 1 N–H and O–H groups in total. The van der Waals surface area contributed by atoms with E-state index in [0.717, 1.165) is 21.3 Å². The first-order valence-corrected chi connectivity index (χ1v) is 11.8. The van der Waals surface area contributed by atoms with Crippen molar-refractivity contribution in [3.8, 4) is 5.75 Å². The monoisotopic (exact) mass is 563 g/mol. The lowest BCUT2D eigenvalue weighted by atomic mass is 10.1. The number of carbonyl (C=O) groups excluding carboxylic acids is 1. The van der Waals surface area contributed by atoms with Gasteiger partial charge in [0.1, 0.15) is 17.4 Å². The maximum absolute atomic E-state index is 12.8. The van der Waals surface area contributed by atoms with Crippen LogP contribution in [0.2, 0.25) is 15.1 Å². The number of ether oxygens (including phenoxy) is 1. The lowest BCUT2D eigenvalue weighted by Gasteiger charge is -2.08. The zero-order valence-electron chi connectivity index (χ0n) is 17.1. The van der Waals surface area contributed by atoms with Crippen molar-refractivity contribution in [1.29, 1.82) is 0 Å². The van der Waals surface area contributed by atoms with E-state index in [1.54, 1.807) is 41.2 Å². The van der Waals surface area contributed by atoms with Crippen molar-refractivity contribution in [1.82, 2.24) is 9.78 Å². The van der Waals surface area contributed by atoms with E-state index >= 15 is 0 Å². The number of rotatable bonds is 7. The molecule has 3 aromatic carbocycles.